The molecule has 0 bridgehead atoms. The van der Waals surface area contributed by atoms with Gasteiger partial charge in [0.1, 0.15) is 6.04 Å². The van der Waals surface area contributed by atoms with Crippen molar-refractivity contribution in [3.63, 3.8) is 0 Å². The van der Waals surface area contributed by atoms with Gasteiger partial charge in [-0.1, -0.05) is 31.9 Å². The summed E-state index contributed by atoms with van der Waals surface area (Å²) in [4.78, 5) is 26.7. The molecule has 9 heteroatoms. The molecule has 0 saturated carbocycles. The van der Waals surface area contributed by atoms with Crippen molar-refractivity contribution < 1.29 is 19.4 Å². The van der Waals surface area contributed by atoms with Gasteiger partial charge >= 0.3 is 0 Å². The molecule has 2 aliphatic rings. The number of β-amino-alcohol motifs (C(OH)–C–C–N with tert-alkyl or cyclic N) is 1. The van der Waals surface area contributed by atoms with Crippen LogP contribution in [0, 0.1) is 17.8 Å². The maximum absolute atomic E-state index is 12.7. The summed E-state index contributed by atoms with van der Waals surface area (Å²) in [5.41, 5.74) is 4.35. The number of morpholine rings is 1. The Morgan fingerprint density at radius 1 is 1.32 bits per heavy atom. The Morgan fingerprint density at radius 3 is 2.53 bits per heavy atom. The third-order valence-corrected chi connectivity index (χ3v) is 6.36. The number of carbonyl (C=O) groups is 2. The van der Waals surface area contributed by atoms with Crippen LogP contribution < -0.4 is 16.6 Å². The Bertz CT molecular complexity index is 803. The van der Waals surface area contributed by atoms with Crippen LogP contribution >= 0.6 is 0 Å². The van der Waals surface area contributed by atoms with E-state index in [1.54, 1.807) is 4.90 Å². The molecule has 1 aromatic rings. The number of likely N-dealkylation sites (tertiary alicyclic amines) is 1. The lowest BCUT2D eigenvalue weighted by molar-refractivity contribution is -0.136. The third kappa shape index (κ3) is 8.70. The van der Waals surface area contributed by atoms with Crippen LogP contribution in [0.4, 0.5) is 0 Å². The monoisotopic (exact) mass is 473 g/mol. The van der Waals surface area contributed by atoms with Crippen molar-refractivity contribution in [2.45, 2.75) is 45.4 Å². The average molecular weight is 474 g/mol. The number of benzene rings is 1. The van der Waals surface area contributed by atoms with Gasteiger partial charge in [0.15, 0.2) is 0 Å². The topological polar surface area (TPSA) is 120 Å². The molecule has 0 aromatic heterocycles. The average Bonchev–Trinajstić information content (AvgIpc) is 3.29. The third-order valence-electron chi connectivity index (χ3n) is 6.36. The van der Waals surface area contributed by atoms with Crippen LogP contribution in [0.5, 0.6) is 0 Å². The van der Waals surface area contributed by atoms with E-state index < -0.39 is 12.1 Å². The molecule has 3 rings (SSSR count). The Kier molecular flexibility index (Phi) is 11.5. The SMILES string of the molecule is C#Cc1ccc(CNC=O)cc1.CC(C)(CCN1CCOCC1)C(NN)C(=O)N1CCC(O)C1. The minimum Gasteiger partial charge on any atom is -0.391 e. The fourth-order valence-corrected chi connectivity index (χ4v) is 4.05. The van der Waals surface area contributed by atoms with Crippen molar-refractivity contribution in [3.8, 4) is 12.3 Å². The fourth-order valence-electron chi connectivity index (χ4n) is 4.05. The van der Waals surface area contributed by atoms with E-state index in [1.165, 1.54) is 0 Å². The highest BCUT2D eigenvalue weighted by Gasteiger charge is 2.39. The van der Waals surface area contributed by atoms with Crippen molar-refractivity contribution in [3.05, 3.63) is 35.4 Å². The summed E-state index contributed by atoms with van der Waals surface area (Å²) in [5, 5.41) is 12.2. The van der Waals surface area contributed by atoms with Gasteiger partial charge in [-0.05, 0) is 42.5 Å². The zero-order chi connectivity index (χ0) is 25.0. The number of amides is 2. The first-order chi connectivity index (χ1) is 16.3. The first kappa shape index (κ1) is 27.8. The minimum atomic E-state index is -0.432. The predicted octanol–water partition coefficient (Wildman–Crippen LogP) is 0.0739. The quantitative estimate of drug-likeness (QED) is 0.173. The standard InChI is InChI=1S/C15H30N4O3.C10H9NO/c1-15(2,4-6-18-7-9-22-10-8-18)13(17-16)14(21)19-5-3-12(20)11-19;1-2-9-3-5-10(6-4-9)7-11-8-12/h12-13,17,20H,3-11,16H2,1-2H3;1,3-6,8H,7H2,(H,11,12). The Balaban J connectivity index is 0.000000287. The molecule has 188 valence electrons. The lowest BCUT2D eigenvalue weighted by Gasteiger charge is -2.37. The molecule has 2 amide bonds. The molecule has 1 aromatic carbocycles. The van der Waals surface area contributed by atoms with Gasteiger partial charge in [0.05, 0.1) is 19.3 Å². The Hall–Kier alpha value is -2.48. The van der Waals surface area contributed by atoms with Crippen LogP contribution in [0.15, 0.2) is 24.3 Å². The number of terminal acetylenes is 1. The first-order valence-electron chi connectivity index (χ1n) is 11.8. The predicted molar refractivity (Wildman–Crippen MR) is 131 cm³/mol. The molecule has 2 fully saturated rings. The Morgan fingerprint density at radius 2 is 2.00 bits per heavy atom. The normalized spacial score (nSPS) is 19.5. The number of hydrazine groups is 1. The first-order valence-corrected chi connectivity index (χ1v) is 11.8. The van der Waals surface area contributed by atoms with Crippen molar-refractivity contribution >= 4 is 12.3 Å². The highest BCUT2D eigenvalue weighted by atomic mass is 16.5. The number of aliphatic hydroxyl groups is 1. The minimum absolute atomic E-state index is 0.00831. The molecular weight excluding hydrogens is 434 g/mol. The smallest absolute Gasteiger partial charge is 0.241 e. The number of nitrogens with zero attached hydrogens (tertiary/aromatic N) is 2. The van der Waals surface area contributed by atoms with E-state index in [4.69, 9.17) is 17.0 Å². The molecular formula is C25H39N5O4. The fraction of sp³-hybridized carbons (Fsp3) is 0.600. The number of carbonyl (C=O) groups excluding carboxylic acids is 2. The van der Waals surface area contributed by atoms with E-state index >= 15 is 0 Å². The molecule has 2 heterocycles. The molecule has 2 unspecified atom stereocenters. The molecule has 0 aliphatic carbocycles. The van der Waals surface area contributed by atoms with Crippen molar-refractivity contribution in [2.24, 2.45) is 11.3 Å². The summed E-state index contributed by atoms with van der Waals surface area (Å²) in [6.45, 7) is 10.1. The van der Waals surface area contributed by atoms with Gasteiger partial charge in [0, 0.05) is 38.3 Å². The number of nitrogens with two attached hydrogens (primary N) is 1. The number of hydrogen-bond acceptors (Lipinski definition) is 7. The summed E-state index contributed by atoms with van der Waals surface area (Å²) in [6.07, 6.45) is 6.98. The van der Waals surface area contributed by atoms with Gasteiger partial charge in [-0.2, -0.15) is 0 Å². The number of rotatable bonds is 9. The molecule has 2 atom stereocenters. The van der Waals surface area contributed by atoms with E-state index in [1.807, 2.05) is 24.3 Å². The zero-order valence-electron chi connectivity index (χ0n) is 20.3. The molecule has 2 saturated heterocycles. The maximum Gasteiger partial charge on any atom is 0.241 e. The zero-order valence-corrected chi connectivity index (χ0v) is 20.3. The van der Waals surface area contributed by atoms with E-state index in [0.717, 1.165) is 50.4 Å². The summed E-state index contributed by atoms with van der Waals surface area (Å²) in [7, 11) is 0. The van der Waals surface area contributed by atoms with E-state index in [9.17, 15) is 14.7 Å². The second kappa shape index (κ2) is 14.0. The summed E-state index contributed by atoms with van der Waals surface area (Å²) in [5.74, 6) is 8.19. The summed E-state index contributed by atoms with van der Waals surface area (Å²) < 4.78 is 5.36. The van der Waals surface area contributed by atoms with Gasteiger partial charge in [-0.25, -0.2) is 5.43 Å². The Labute approximate surface area is 203 Å². The molecule has 2 aliphatic heterocycles. The second-order valence-electron chi connectivity index (χ2n) is 9.36. The van der Waals surface area contributed by atoms with E-state index in [2.05, 4.69) is 35.4 Å². The summed E-state index contributed by atoms with van der Waals surface area (Å²) >= 11 is 0. The van der Waals surface area contributed by atoms with E-state index in [-0.39, 0.29) is 11.3 Å². The summed E-state index contributed by atoms with van der Waals surface area (Å²) in [6, 6.07) is 7.06. The highest BCUT2D eigenvalue weighted by Crippen LogP contribution is 2.28. The van der Waals surface area contributed by atoms with Crippen LogP contribution in [-0.4, -0.2) is 85.3 Å². The van der Waals surface area contributed by atoms with Crippen molar-refractivity contribution in [2.75, 3.05) is 45.9 Å². The molecule has 5 N–H and O–H groups in total. The van der Waals surface area contributed by atoms with Crippen LogP contribution in [-0.2, 0) is 20.9 Å². The van der Waals surface area contributed by atoms with Gasteiger partial charge in [0.25, 0.3) is 0 Å². The van der Waals surface area contributed by atoms with Crippen LogP contribution in [0.3, 0.4) is 0 Å². The number of ether oxygens (including phenoxy) is 1. The van der Waals surface area contributed by atoms with Crippen molar-refractivity contribution in [1.82, 2.24) is 20.5 Å². The van der Waals surface area contributed by atoms with Crippen LogP contribution in [0.1, 0.15) is 37.8 Å². The molecule has 0 radical (unpaired) electrons. The van der Waals surface area contributed by atoms with Gasteiger partial charge in [-0.15, -0.1) is 6.42 Å². The van der Waals surface area contributed by atoms with Crippen molar-refractivity contribution in [1.29, 1.82) is 0 Å². The van der Waals surface area contributed by atoms with Gasteiger partial charge in [-0.3, -0.25) is 20.3 Å². The number of hydrogen-bond donors (Lipinski definition) is 4. The van der Waals surface area contributed by atoms with Crippen LogP contribution in [0.25, 0.3) is 0 Å². The lowest BCUT2D eigenvalue weighted by atomic mass is 9.80. The maximum atomic E-state index is 12.7. The number of nitrogens with one attached hydrogen (secondary N) is 2. The number of aliphatic hydroxyl groups excluding tert-OH is 1. The van der Waals surface area contributed by atoms with Crippen LogP contribution in [0.2, 0.25) is 0 Å². The molecule has 9 nitrogen and oxygen atoms in total. The molecule has 34 heavy (non-hydrogen) atoms. The largest absolute Gasteiger partial charge is 0.391 e. The van der Waals surface area contributed by atoms with Gasteiger partial charge in [0.2, 0.25) is 12.3 Å². The molecule has 0 spiro atoms. The van der Waals surface area contributed by atoms with E-state index in [0.29, 0.717) is 32.5 Å². The second-order valence-corrected chi connectivity index (χ2v) is 9.36. The highest BCUT2D eigenvalue weighted by molar-refractivity contribution is 5.83. The van der Waals surface area contributed by atoms with Gasteiger partial charge < -0.3 is 20.1 Å². The lowest BCUT2D eigenvalue weighted by Crippen LogP contribution is -2.56.